The van der Waals surface area contributed by atoms with Crippen LogP contribution in [0.1, 0.15) is 22.8 Å². The highest BCUT2D eigenvalue weighted by Crippen LogP contribution is 2.18. The Morgan fingerprint density at radius 3 is 2.58 bits per heavy atom. The third-order valence-electron chi connectivity index (χ3n) is 3.32. The molecule has 1 N–H and O–H groups in total. The minimum absolute atomic E-state index is 0.0680. The predicted molar refractivity (Wildman–Crippen MR) is 91.7 cm³/mol. The molecule has 0 aliphatic carbocycles. The van der Waals surface area contributed by atoms with E-state index in [1.165, 1.54) is 13.0 Å². The average Bonchev–Trinajstić information content (AvgIpc) is 2.60. The van der Waals surface area contributed by atoms with Crippen molar-refractivity contribution >= 4 is 23.5 Å². The minimum Gasteiger partial charge on any atom is -0.497 e. The molecular formula is C19H16N2O3. The van der Waals surface area contributed by atoms with Gasteiger partial charge in [0.1, 0.15) is 17.4 Å². The van der Waals surface area contributed by atoms with Gasteiger partial charge in [0.15, 0.2) is 5.78 Å². The van der Waals surface area contributed by atoms with Crippen molar-refractivity contribution in [2.45, 2.75) is 6.92 Å². The van der Waals surface area contributed by atoms with E-state index in [0.29, 0.717) is 22.6 Å². The number of rotatable bonds is 5. The molecule has 24 heavy (non-hydrogen) atoms. The Kier molecular flexibility index (Phi) is 5.48. The van der Waals surface area contributed by atoms with Gasteiger partial charge >= 0.3 is 0 Å². The number of nitrogens with zero attached hydrogens (tertiary/aromatic N) is 1. The zero-order valence-corrected chi connectivity index (χ0v) is 13.4. The van der Waals surface area contributed by atoms with Crippen LogP contribution < -0.4 is 10.1 Å². The van der Waals surface area contributed by atoms with Gasteiger partial charge < -0.3 is 10.1 Å². The zero-order valence-electron chi connectivity index (χ0n) is 13.4. The van der Waals surface area contributed by atoms with Crippen molar-refractivity contribution in [3.63, 3.8) is 0 Å². The molecule has 0 fully saturated rings. The fraction of sp³-hybridized carbons (Fsp3) is 0.105. The third kappa shape index (κ3) is 4.08. The number of benzene rings is 2. The van der Waals surface area contributed by atoms with Crippen LogP contribution in [0, 0.1) is 11.3 Å². The van der Waals surface area contributed by atoms with Gasteiger partial charge in [0, 0.05) is 5.56 Å². The molecule has 0 saturated heterocycles. The van der Waals surface area contributed by atoms with Crippen LogP contribution in [-0.2, 0) is 4.79 Å². The van der Waals surface area contributed by atoms with Crippen molar-refractivity contribution in [1.82, 2.24) is 0 Å². The second-order valence-electron chi connectivity index (χ2n) is 5.00. The lowest BCUT2D eigenvalue weighted by atomic mass is 10.1. The molecule has 0 atom stereocenters. The molecule has 5 nitrogen and oxygen atoms in total. The zero-order chi connectivity index (χ0) is 17.5. The van der Waals surface area contributed by atoms with Gasteiger partial charge in [-0.05, 0) is 42.8 Å². The number of hydrogen-bond donors (Lipinski definition) is 1. The largest absolute Gasteiger partial charge is 0.497 e. The van der Waals surface area contributed by atoms with Gasteiger partial charge in [-0.15, -0.1) is 0 Å². The standard InChI is InChI=1S/C19H16N2O3/c1-13(22)17-8-3-4-9-18(17)21-19(23)15(12-20)10-14-6-5-7-16(11-14)24-2/h3-11H,1-2H3,(H,21,23)/b15-10-. The first-order valence-electron chi connectivity index (χ1n) is 7.22. The first-order valence-corrected chi connectivity index (χ1v) is 7.22. The third-order valence-corrected chi connectivity index (χ3v) is 3.32. The Labute approximate surface area is 140 Å². The molecule has 0 heterocycles. The molecule has 0 aromatic heterocycles. The monoisotopic (exact) mass is 320 g/mol. The molecule has 0 spiro atoms. The number of carbonyl (C=O) groups is 2. The van der Waals surface area contributed by atoms with Crippen LogP contribution in [0.25, 0.3) is 6.08 Å². The van der Waals surface area contributed by atoms with Crippen LogP contribution in [0.2, 0.25) is 0 Å². The molecule has 2 aromatic carbocycles. The number of ether oxygens (including phenoxy) is 1. The lowest BCUT2D eigenvalue weighted by Crippen LogP contribution is -2.15. The van der Waals surface area contributed by atoms with Crippen molar-refractivity contribution in [1.29, 1.82) is 5.26 Å². The number of para-hydroxylation sites is 1. The van der Waals surface area contributed by atoms with Gasteiger partial charge in [0.05, 0.1) is 12.8 Å². The number of methoxy groups -OCH3 is 1. The Bertz CT molecular complexity index is 848. The quantitative estimate of drug-likeness (QED) is 0.520. The first-order chi connectivity index (χ1) is 11.5. The van der Waals surface area contributed by atoms with Crippen LogP contribution in [0.3, 0.4) is 0 Å². The van der Waals surface area contributed by atoms with Crippen LogP contribution in [0.15, 0.2) is 54.1 Å². The molecule has 2 rings (SSSR count). The maximum atomic E-state index is 12.3. The fourth-order valence-corrected chi connectivity index (χ4v) is 2.14. The summed E-state index contributed by atoms with van der Waals surface area (Å²) in [4.78, 5) is 23.9. The number of nitriles is 1. The molecule has 0 aliphatic rings. The molecule has 0 unspecified atom stereocenters. The number of hydrogen-bond acceptors (Lipinski definition) is 4. The van der Waals surface area contributed by atoms with Gasteiger partial charge in [-0.1, -0.05) is 24.3 Å². The number of Topliss-reactive ketones (excluding diaryl/α,β-unsaturated/α-hetero) is 1. The summed E-state index contributed by atoms with van der Waals surface area (Å²) in [5, 5.41) is 11.9. The molecule has 0 bridgehead atoms. The highest BCUT2D eigenvalue weighted by atomic mass is 16.5. The number of amides is 1. The highest BCUT2D eigenvalue weighted by molar-refractivity contribution is 6.12. The molecular weight excluding hydrogens is 304 g/mol. The molecule has 0 saturated carbocycles. The molecule has 2 aromatic rings. The first kappa shape index (κ1) is 17.0. The van der Waals surface area contributed by atoms with Gasteiger partial charge in [0.2, 0.25) is 0 Å². The van der Waals surface area contributed by atoms with E-state index in [-0.39, 0.29) is 11.4 Å². The predicted octanol–water partition coefficient (Wildman–Crippen LogP) is 3.44. The van der Waals surface area contributed by atoms with Crippen molar-refractivity contribution < 1.29 is 14.3 Å². The van der Waals surface area contributed by atoms with Crippen LogP contribution >= 0.6 is 0 Å². The summed E-state index contributed by atoms with van der Waals surface area (Å²) in [6, 6.07) is 15.6. The molecule has 0 aliphatic heterocycles. The SMILES string of the molecule is COc1cccc(/C=C(/C#N)C(=O)Nc2ccccc2C(C)=O)c1. The van der Waals surface area contributed by atoms with E-state index in [2.05, 4.69) is 5.32 Å². The summed E-state index contributed by atoms with van der Waals surface area (Å²) in [6.45, 7) is 1.42. The molecule has 5 heteroatoms. The summed E-state index contributed by atoms with van der Waals surface area (Å²) < 4.78 is 5.12. The number of ketones is 1. The second kappa shape index (κ2) is 7.75. The topological polar surface area (TPSA) is 79.2 Å². The summed E-state index contributed by atoms with van der Waals surface area (Å²) in [7, 11) is 1.54. The van der Waals surface area contributed by atoms with Crippen LogP contribution in [0.4, 0.5) is 5.69 Å². The Hall–Kier alpha value is -3.39. The van der Waals surface area contributed by atoms with E-state index in [4.69, 9.17) is 4.74 Å². The van der Waals surface area contributed by atoms with Gasteiger partial charge in [-0.3, -0.25) is 9.59 Å². The number of carbonyl (C=O) groups excluding carboxylic acids is 2. The van der Waals surface area contributed by atoms with E-state index in [1.54, 1.807) is 55.6 Å². The smallest absolute Gasteiger partial charge is 0.266 e. The normalized spacial score (nSPS) is 10.6. The molecule has 120 valence electrons. The lowest BCUT2D eigenvalue weighted by Gasteiger charge is -2.08. The average molecular weight is 320 g/mol. The van der Waals surface area contributed by atoms with Crippen molar-refractivity contribution in [3.8, 4) is 11.8 Å². The van der Waals surface area contributed by atoms with Crippen LogP contribution in [-0.4, -0.2) is 18.8 Å². The number of anilines is 1. The Morgan fingerprint density at radius 2 is 1.92 bits per heavy atom. The van der Waals surface area contributed by atoms with E-state index in [1.807, 2.05) is 6.07 Å². The lowest BCUT2D eigenvalue weighted by molar-refractivity contribution is -0.112. The maximum absolute atomic E-state index is 12.3. The second-order valence-corrected chi connectivity index (χ2v) is 5.00. The van der Waals surface area contributed by atoms with E-state index < -0.39 is 5.91 Å². The van der Waals surface area contributed by atoms with Gasteiger partial charge in [-0.2, -0.15) is 5.26 Å². The van der Waals surface area contributed by atoms with E-state index in [9.17, 15) is 14.9 Å². The Morgan fingerprint density at radius 1 is 1.17 bits per heavy atom. The Balaban J connectivity index is 2.28. The molecule has 0 radical (unpaired) electrons. The summed E-state index contributed by atoms with van der Waals surface area (Å²) in [5.41, 5.74) is 1.37. The maximum Gasteiger partial charge on any atom is 0.266 e. The summed E-state index contributed by atoms with van der Waals surface area (Å²) >= 11 is 0. The summed E-state index contributed by atoms with van der Waals surface area (Å²) in [6.07, 6.45) is 1.47. The van der Waals surface area contributed by atoms with Gasteiger partial charge in [-0.25, -0.2) is 0 Å². The van der Waals surface area contributed by atoms with Crippen molar-refractivity contribution in [2.75, 3.05) is 12.4 Å². The number of nitrogens with one attached hydrogen (secondary N) is 1. The minimum atomic E-state index is -0.575. The summed E-state index contributed by atoms with van der Waals surface area (Å²) in [5.74, 6) is -0.112. The van der Waals surface area contributed by atoms with E-state index >= 15 is 0 Å². The van der Waals surface area contributed by atoms with E-state index in [0.717, 1.165) is 0 Å². The highest BCUT2D eigenvalue weighted by Gasteiger charge is 2.13. The molecule has 1 amide bonds. The van der Waals surface area contributed by atoms with Crippen molar-refractivity contribution in [2.24, 2.45) is 0 Å². The van der Waals surface area contributed by atoms with Crippen LogP contribution in [0.5, 0.6) is 5.75 Å². The fourth-order valence-electron chi connectivity index (χ4n) is 2.14. The van der Waals surface area contributed by atoms with Gasteiger partial charge in [0.25, 0.3) is 5.91 Å². The van der Waals surface area contributed by atoms with Crippen molar-refractivity contribution in [3.05, 3.63) is 65.2 Å².